The molecule has 2 amide bonds. The number of fused-ring (bicyclic) bond motifs is 3. The third-order valence-electron chi connectivity index (χ3n) is 7.45. The Kier molecular flexibility index (Phi) is 5.02. The predicted molar refractivity (Wildman–Crippen MR) is 126 cm³/mol. The number of halogens is 1. The Hall–Kier alpha value is -2.81. The van der Waals surface area contributed by atoms with Gasteiger partial charge in [0, 0.05) is 42.5 Å². The molecule has 0 radical (unpaired) electrons. The number of carbonyl (C=O) groups is 2. The molecule has 3 fully saturated rings. The molecule has 1 aromatic carbocycles. The summed E-state index contributed by atoms with van der Waals surface area (Å²) in [5.74, 6) is 2.07. The Bertz CT molecular complexity index is 1150. The molecule has 1 spiro atoms. The summed E-state index contributed by atoms with van der Waals surface area (Å²) in [5, 5.41) is 9.60. The number of anilines is 1. The fraction of sp³-hybridized carbons (Fsp3) is 0.583. The molecule has 9 nitrogen and oxygen atoms in total. The van der Waals surface area contributed by atoms with Crippen LogP contribution in [0.4, 0.5) is 10.7 Å². The van der Waals surface area contributed by atoms with E-state index in [1.807, 2.05) is 41.5 Å². The van der Waals surface area contributed by atoms with Gasteiger partial charge in [-0.25, -0.2) is 4.79 Å². The van der Waals surface area contributed by atoms with Crippen molar-refractivity contribution in [3.8, 4) is 5.69 Å². The minimum Gasteiger partial charge on any atom is -0.446 e. The lowest BCUT2D eigenvalue weighted by molar-refractivity contribution is -0.146. The molecule has 180 valence electrons. The molecule has 1 atom stereocenters. The molecule has 2 aromatic rings. The molecule has 0 N–H and O–H groups in total. The molecule has 4 aliphatic rings. The van der Waals surface area contributed by atoms with Gasteiger partial charge in [0.05, 0.1) is 18.8 Å². The van der Waals surface area contributed by atoms with E-state index in [4.69, 9.17) is 16.3 Å². The second-order valence-corrected chi connectivity index (χ2v) is 10.7. The highest BCUT2D eigenvalue weighted by Gasteiger charge is 2.55. The van der Waals surface area contributed by atoms with Crippen molar-refractivity contribution in [3.05, 3.63) is 34.6 Å². The van der Waals surface area contributed by atoms with Gasteiger partial charge in [0.1, 0.15) is 6.10 Å². The summed E-state index contributed by atoms with van der Waals surface area (Å²) < 4.78 is 7.64. The Morgan fingerprint density at radius 3 is 2.62 bits per heavy atom. The number of amides is 2. The van der Waals surface area contributed by atoms with Gasteiger partial charge in [-0.15, -0.1) is 10.2 Å². The van der Waals surface area contributed by atoms with Gasteiger partial charge >= 0.3 is 6.09 Å². The second kappa shape index (κ2) is 7.86. The van der Waals surface area contributed by atoms with Crippen molar-refractivity contribution in [2.75, 3.05) is 31.1 Å². The van der Waals surface area contributed by atoms with Crippen LogP contribution in [0.2, 0.25) is 5.02 Å². The Labute approximate surface area is 203 Å². The standard InChI is InChI=1S/C24H29ClN6O3/c1-3-15(2)34-23(33)28-9-17-8-18(25)6-7-19(17)31-20(10-28)26-27-22(31)30-13-24(14-30)11-29(12-24)21(32)16-4-5-16/h6-8,15-16H,3-5,9-14H2,1-2H3/t15-/m1/s1. The smallest absolute Gasteiger partial charge is 0.410 e. The molecular weight excluding hydrogens is 456 g/mol. The fourth-order valence-electron chi connectivity index (χ4n) is 5.26. The van der Waals surface area contributed by atoms with Crippen molar-refractivity contribution in [3.63, 3.8) is 0 Å². The van der Waals surface area contributed by atoms with Crippen LogP contribution in [-0.4, -0.2) is 68.8 Å². The summed E-state index contributed by atoms with van der Waals surface area (Å²) in [4.78, 5) is 31.1. The van der Waals surface area contributed by atoms with Crippen LogP contribution < -0.4 is 4.90 Å². The lowest BCUT2D eigenvalue weighted by Crippen LogP contribution is -2.73. The van der Waals surface area contributed by atoms with Crippen LogP contribution in [0, 0.1) is 11.3 Å². The Morgan fingerprint density at radius 2 is 1.91 bits per heavy atom. The van der Waals surface area contributed by atoms with E-state index in [1.165, 1.54) is 0 Å². The van der Waals surface area contributed by atoms with Crippen LogP contribution >= 0.6 is 11.6 Å². The van der Waals surface area contributed by atoms with Crippen molar-refractivity contribution in [1.82, 2.24) is 24.6 Å². The maximum Gasteiger partial charge on any atom is 0.410 e. The van der Waals surface area contributed by atoms with E-state index in [-0.39, 0.29) is 23.5 Å². The second-order valence-electron chi connectivity index (χ2n) is 10.3. The number of nitrogens with zero attached hydrogens (tertiary/aromatic N) is 6. The SMILES string of the molecule is CC[C@@H](C)OC(=O)N1Cc2cc(Cl)ccc2-n2c(nnc2N2CC3(CN(C(=O)C4CC4)C3)C2)C1. The zero-order valence-corrected chi connectivity index (χ0v) is 20.3. The van der Waals surface area contributed by atoms with E-state index < -0.39 is 0 Å². The molecule has 1 aliphatic carbocycles. The first-order valence-corrected chi connectivity index (χ1v) is 12.5. The number of carbonyl (C=O) groups excluding carboxylic acids is 2. The Morgan fingerprint density at radius 1 is 1.15 bits per heavy atom. The van der Waals surface area contributed by atoms with Gasteiger partial charge in [0.2, 0.25) is 11.9 Å². The topological polar surface area (TPSA) is 83.8 Å². The van der Waals surface area contributed by atoms with Gasteiger partial charge in [0.15, 0.2) is 5.82 Å². The largest absolute Gasteiger partial charge is 0.446 e. The first-order valence-electron chi connectivity index (χ1n) is 12.1. The molecule has 6 rings (SSSR count). The van der Waals surface area contributed by atoms with Crippen LogP contribution in [0.15, 0.2) is 18.2 Å². The zero-order valence-electron chi connectivity index (χ0n) is 19.5. The number of hydrogen-bond acceptors (Lipinski definition) is 6. The number of aromatic nitrogens is 3. The molecule has 3 aliphatic heterocycles. The molecule has 2 saturated heterocycles. The van der Waals surface area contributed by atoms with E-state index in [9.17, 15) is 9.59 Å². The third kappa shape index (κ3) is 3.61. The summed E-state index contributed by atoms with van der Waals surface area (Å²) in [6.45, 7) is 7.93. The number of rotatable bonds is 4. The molecule has 10 heteroatoms. The monoisotopic (exact) mass is 484 g/mol. The molecule has 1 saturated carbocycles. The molecule has 0 unspecified atom stereocenters. The van der Waals surface area contributed by atoms with Gasteiger partial charge in [-0.2, -0.15) is 0 Å². The molecule has 0 bridgehead atoms. The molecule has 1 aromatic heterocycles. The van der Waals surface area contributed by atoms with Crippen molar-refractivity contribution in [2.24, 2.45) is 11.3 Å². The van der Waals surface area contributed by atoms with Crippen molar-refractivity contribution < 1.29 is 14.3 Å². The maximum absolute atomic E-state index is 12.9. The summed E-state index contributed by atoms with van der Waals surface area (Å²) in [5.41, 5.74) is 2.02. The predicted octanol–water partition coefficient (Wildman–Crippen LogP) is 3.23. The van der Waals surface area contributed by atoms with Crippen LogP contribution in [0.5, 0.6) is 0 Å². The maximum atomic E-state index is 12.9. The summed E-state index contributed by atoms with van der Waals surface area (Å²) >= 11 is 6.32. The van der Waals surface area contributed by atoms with Crippen molar-refractivity contribution in [1.29, 1.82) is 0 Å². The Balaban J connectivity index is 1.24. The van der Waals surface area contributed by atoms with Gasteiger partial charge < -0.3 is 14.5 Å². The number of benzene rings is 1. The van der Waals surface area contributed by atoms with Gasteiger partial charge in [-0.1, -0.05) is 18.5 Å². The average molecular weight is 485 g/mol. The highest BCUT2D eigenvalue weighted by atomic mass is 35.5. The van der Waals surface area contributed by atoms with Crippen LogP contribution in [0.3, 0.4) is 0 Å². The average Bonchev–Trinajstić information content (AvgIpc) is 3.55. The minimum atomic E-state index is -0.365. The molecule has 4 heterocycles. The summed E-state index contributed by atoms with van der Waals surface area (Å²) in [6.07, 6.45) is 2.32. The highest BCUT2D eigenvalue weighted by Crippen LogP contribution is 2.44. The van der Waals surface area contributed by atoms with Crippen LogP contribution in [0.1, 0.15) is 44.5 Å². The number of ether oxygens (including phenoxy) is 1. The van der Waals surface area contributed by atoms with E-state index >= 15 is 0 Å². The normalized spacial score (nSPS) is 21.2. The van der Waals surface area contributed by atoms with Gasteiger partial charge in [-0.05, 0) is 49.9 Å². The first-order chi connectivity index (χ1) is 16.4. The lowest BCUT2D eigenvalue weighted by atomic mass is 9.73. The van der Waals surface area contributed by atoms with Gasteiger partial charge in [0.25, 0.3) is 0 Å². The minimum absolute atomic E-state index is 0.158. The number of hydrogen-bond donors (Lipinski definition) is 0. The lowest BCUT2D eigenvalue weighted by Gasteiger charge is -2.60. The summed E-state index contributed by atoms with van der Waals surface area (Å²) in [6, 6.07) is 5.71. The van der Waals surface area contributed by atoms with Crippen LogP contribution in [0.25, 0.3) is 5.69 Å². The van der Waals surface area contributed by atoms with E-state index in [2.05, 4.69) is 15.1 Å². The van der Waals surface area contributed by atoms with E-state index in [0.717, 1.165) is 62.6 Å². The number of likely N-dealkylation sites (tertiary alicyclic amines) is 1. The quantitative estimate of drug-likeness (QED) is 0.662. The van der Waals surface area contributed by atoms with Gasteiger partial charge in [-0.3, -0.25) is 14.3 Å². The van der Waals surface area contributed by atoms with E-state index in [1.54, 1.807) is 4.90 Å². The van der Waals surface area contributed by atoms with Crippen molar-refractivity contribution in [2.45, 2.75) is 52.3 Å². The first kappa shape index (κ1) is 21.7. The molecular formula is C24H29ClN6O3. The highest BCUT2D eigenvalue weighted by molar-refractivity contribution is 6.30. The summed E-state index contributed by atoms with van der Waals surface area (Å²) in [7, 11) is 0. The van der Waals surface area contributed by atoms with E-state index in [0.29, 0.717) is 29.8 Å². The van der Waals surface area contributed by atoms with Crippen LogP contribution in [-0.2, 0) is 22.6 Å². The fourth-order valence-corrected chi connectivity index (χ4v) is 5.46. The van der Waals surface area contributed by atoms with Crippen molar-refractivity contribution >= 4 is 29.5 Å². The zero-order chi connectivity index (χ0) is 23.6. The molecule has 34 heavy (non-hydrogen) atoms. The third-order valence-corrected chi connectivity index (χ3v) is 7.69.